The lowest BCUT2D eigenvalue weighted by atomic mass is 9.94. The Balaban J connectivity index is 2.16. The summed E-state index contributed by atoms with van der Waals surface area (Å²) < 4.78 is 1.64. The Morgan fingerprint density at radius 1 is 1.27 bits per heavy atom. The second-order valence-corrected chi connectivity index (χ2v) is 8.31. The summed E-state index contributed by atoms with van der Waals surface area (Å²) in [6, 6.07) is 6.35. The van der Waals surface area contributed by atoms with Crippen LogP contribution in [-0.4, -0.2) is 63.6 Å². The van der Waals surface area contributed by atoms with Crippen LogP contribution in [0.2, 0.25) is 5.02 Å². The first-order chi connectivity index (χ1) is 14.1. The summed E-state index contributed by atoms with van der Waals surface area (Å²) in [6.07, 6.45) is 0.697. The van der Waals surface area contributed by atoms with Crippen LogP contribution in [0.25, 0.3) is 5.76 Å². The molecule has 0 spiro atoms. The molecule has 8 heteroatoms. The monoisotopic (exact) mass is 430 g/mol. The molecule has 3 rings (SSSR count). The third-order valence-electron chi connectivity index (χ3n) is 5.45. The van der Waals surface area contributed by atoms with Gasteiger partial charge in [0.25, 0.3) is 11.7 Å². The van der Waals surface area contributed by atoms with Gasteiger partial charge in [-0.15, -0.1) is 0 Å². The molecule has 2 aromatic rings. The molecule has 1 aliphatic heterocycles. The van der Waals surface area contributed by atoms with E-state index in [0.29, 0.717) is 40.5 Å². The quantitative estimate of drug-likeness (QED) is 0.433. The van der Waals surface area contributed by atoms with Crippen molar-refractivity contribution < 1.29 is 14.7 Å². The van der Waals surface area contributed by atoms with Crippen LogP contribution in [-0.2, 0) is 16.6 Å². The Labute approximate surface area is 181 Å². The van der Waals surface area contributed by atoms with Gasteiger partial charge in [-0.2, -0.15) is 5.10 Å². The Morgan fingerprint density at radius 2 is 1.97 bits per heavy atom. The van der Waals surface area contributed by atoms with Crippen molar-refractivity contribution in [3.8, 4) is 0 Å². The minimum Gasteiger partial charge on any atom is -0.507 e. The summed E-state index contributed by atoms with van der Waals surface area (Å²) in [7, 11) is 5.68. The van der Waals surface area contributed by atoms with Gasteiger partial charge in [-0.25, -0.2) is 0 Å². The number of hydrogen-bond acceptors (Lipinski definition) is 5. The molecule has 1 fully saturated rings. The largest absolute Gasteiger partial charge is 0.507 e. The molecule has 2 heterocycles. The van der Waals surface area contributed by atoms with Gasteiger partial charge in [0.15, 0.2) is 0 Å². The second-order valence-electron chi connectivity index (χ2n) is 7.87. The van der Waals surface area contributed by atoms with E-state index in [0.717, 1.165) is 6.54 Å². The van der Waals surface area contributed by atoms with E-state index in [-0.39, 0.29) is 11.3 Å². The second kappa shape index (κ2) is 8.62. The third kappa shape index (κ3) is 4.00. The molecule has 1 aromatic carbocycles. The van der Waals surface area contributed by atoms with Gasteiger partial charge in [-0.05, 0) is 58.6 Å². The van der Waals surface area contributed by atoms with Crippen LogP contribution in [0.3, 0.4) is 0 Å². The molecule has 0 aliphatic carbocycles. The smallest absolute Gasteiger partial charge is 0.295 e. The number of amides is 1. The first-order valence-electron chi connectivity index (χ1n) is 9.82. The van der Waals surface area contributed by atoms with Crippen molar-refractivity contribution in [1.82, 2.24) is 19.6 Å². The zero-order valence-electron chi connectivity index (χ0n) is 17.9. The van der Waals surface area contributed by atoms with Crippen molar-refractivity contribution in [3.63, 3.8) is 0 Å². The summed E-state index contributed by atoms with van der Waals surface area (Å²) in [5.41, 5.74) is 2.55. The van der Waals surface area contributed by atoms with Crippen LogP contribution >= 0.6 is 11.6 Å². The van der Waals surface area contributed by atoms with Crippen molar-refractivity contribution in [3.05, 3.63) is 57.4 Å². The molecule has 7 nitrogen and oxygen atoms in total. The molecule has 1 aliphatic rings. The van der Waals surface area contributed by atoms with Crippen molar-refractivity contribution >= 4 is 29.1 Å². The average Bonchev–Trinajstić information content (AvgIpc) is 3.07. The maximum atomic E-state index is 13.0. The normalized spacial score (nSPS) is 18.6. The number of aliphatic hydroxyl groups excluding tert-OH is 1. The van der Waals surface area contributed by atoms with E-state index in [1.54, 1.807) is 36.9 Å². The summed E-state index contributed by atoms with van der Waals surface area (Å²) in [6.45, 7) is 4.74. The zero-order valence-corrected chi connectivity index (χ0v) is 18.7. The van der Waals surface area contributed by atoms with E-state index in [4.69, 9.17) is 11.6 Å². The molecular weight excluding hydrogens is 404 g/mol. The number of aryl methyl sites for hydroxylation is 2. The molecule has 1 saturated heterocycles. The molecule has 1 atom stereocenters. The molecular formula is C22H27ClN4O3. The van der Waals surface area contributed by atoms with Gasteiger partial charge in [0, 0.05) is 24.3 Å². The van der Waals surface area contributed by atoms with Gasteiger partial charge >= 0.3 is 0 Å². The predicted octanol–water partition coefficient (Wildman–Crippen LogP) is 3.06. The van der Waals surface area contributed by atoms with Gasteiger partial charge in [-0.3, -0.25) is 14.3 Å². The highest BCUT2D eigenvalue weighted by atomic mass is 35.5. The number of hydrogen-bond donors (Lipinski definition) is 1. The van der Waals surface area contributed by atoms with E-state index in [1.807, 2.05) is 32.0 Å². The first-order valence-corrected chi connectivity index (χ1v) is 10.2. The van der Waals surface area contributed by atoms with Crippen molar-refractivity contribution in [1.29, 1.82) is 0 Å². The number of ketones is 1. The van der Waals surface area contributed by atoms with E-state index in [9.17, 15) is 14.7 Å². The Bertz CT molecular complexity index is 1030. The van der Waals surface area contributed by atoms with Gasteiger partial charge in [-0.1, -0.05) is 23.7 Å². The lowest BCUT2D eigenvalue weighted by molar-refractivity contribution is -0.139. The fourth-order valence-electron chi connectivity index (χ4n) is 3.94. The van der Waals surface area contributed by atoms with Crippen molar-refractivity contribution in [2.24, 2.45) is 7.05 Å². The summed E-state index contributed by atoms with van der Waals surface area (Å²) in [4.78, 5) is 29.5. The number of rotatable bonds is 6. The molecule has 1 amide bonds. The van der Waals surface area contributed by atoms with Crippen LogP contribution in [0.1, 0.15) is 35.0 Å². The number of Topliss-reactive ketones (excluding diaryl/α,β-unsaturated/α-hetero) is 1. The SMILES string of the molecule is Cc1nn(C)c(C)c1/C(O)=C1\C(=O)C(=O)N(CCCN(C)C)C1c1cccc(Cl)c1. The van der Waals surface area contributed by atoms with Crippen molar-refractivity contribution in [2.45, 2.75) is 26.3 Å². The number of carbonyl (C=O) groups is 2. The maximum Gasteiger partial charge on any atom is 0.295 e. The van der Waals surface area contributed by atoms with Gasteiger partial charge < -0.3 is 14.9 Å². The van der Waals surface area contributed by atoms with E-state index >= 15 is 0 Å². The number of aromatic nitrogens is 2. The first kappa shape index (κ1) is 22.1. The van der Waals surface area contributed by atoms with Crippen LogP contribution in [0, 0.1) is 13.8 Å². The topological polar surface area (TPSA) is 78.7 Å². The molecule has 0 bridgehead atoms. The highest BCUT2D eigenvalue weighted by Crippen LogP contribution is 2.40. The predicted molar refractivity (Wildman–Crippen MR) is 116 cm³/mol. The van der Waals surface area contributed by atoms with Gasteiger partial charge in [0.05, 0.1) is 22.9 Å². The van der Waals surface area contributed by atoms with Gasteiger partial charge in [0.1, 0.15) is 5.76 Å². The van der Waals surface area contributed by atoms with Crippen LogP contribution in [0.15, 0.2) is 29.8 Å². The summed E-state index contributed by atoms with van der Waals surface area (Å²) in [5, 5.41) is 16.0. The van der Waals surface area contributed by atoms with Crippen LogP contribution in [0.5, 0.6) is 0 Å². The highest BCUT2D eigenvalue weighted by molar-refractivity contribution is 6.46. The Hall–Kier alpha value is -2.64. The van der Waals surface area contributed by atoms with Crippen LogP contribution in [0.4, 0.5) is 0 Å². The standard InChI is InChI=1S/C22H27ClN4O3/c1-13-17(14(2)26(5)24-13)20(28)18-19(15-8-6-9-16(23)12-15)27(22(30)21(18)29)11-7-10-25(3)4/h6,8-9,12,19,28H,7,10-11H2,1-5H3/b20-18+. The molecule has 1 aromatic heterocycles. The lowest BCUT2D eigenvalue weighted by Gasteiger charge is -2.26. The fourth-order valence-corrected chi connectivity index (χ4v) is 4.14. The summed E-state index contributed by atoms with van der Waals surface area (Å²) in [5.74, 6) is -1.50. The third-order valence-corrected chi connectivity index (χ3v) is 5.69. The number of aliphatic hydroxyl groups is 1. The highest BCUT2D eigenvalue weighted by Gasteiger charge is 2.46. The number of carbonyl (C=O) groups excluding carboxylic acids is 2. The number of benzene rings is 1. The minimum atomic E-state index is -0.704. The van der Waals surface area contributed by atoms with Crippen molar-refractivity contribution in [2.75, 3.05) is 27.2 Å². The Morgan fingerprint density at radius 3 is 2.53 bits per heavy atom. The number of halogens is 1. The zero-order chi connectivity index (χ0) is 22.2. The lowest BCUT2D eigenvalue weighted by Crippen LogP contribution is -2.32. The average molecular weight is 431 g/mol. The van der Waals surface area contributed by atoms with E-state index in [2.05, 4.69) is 5.10 Å². The van der Waals surface area contributed by atoms with E-state index in [1.165, 1.54) is 4.90 Å². The number of likely N-dealkylation sites (tertiary alicyclic amines) is 1. The molecule has 160 valence electrons. The maximum absolute atomic E-state index is 13.0. The fraction of sp³-hybridized carbons (Fsp3) is 0.409. The van der Waals surface area contributed by atoms with E-state index < -0.39 is 17.7 Å². The molecule has 0 saturated carbocycles. The van der Waals surface area contributed by atoms with Gasteiger partial charge in [0.2, 0.25) is 0 Å². The molecule has 1 N–H and O–H groups in total. The molecule has 1 unspecified atom stereocenters. The Kier molecular flexibility index (Phi) is 6.33. The number of nitrogens with zero attached hydrogens (tertiary/aromatic N) is 4. The molecule has 0 radical (unpaired) electrons. The minimum absolute atomic E-state index is 0.0753. The molecule has 30 heavy (non-hydrogen) atoms. The summed E-state index contributed by atoms with van der Waals surface area (Å²) >= 11 is 6.20. The van der Waals surface area contributed by atoms with Crippen LogP contribution < -0.4 is 0 Å².